The lowest BCUT2D eigenvalue weighted by Crippen LogP contribution is -2.47. The molecule has 1 heterocycles. The van der Waals surface area contributed by atoms with E-state index in [1.54, 1.807) is 0 Å². The molecule has 2 aliphatic carbocycles. The number of likely N-dealkylation sites (tertiary alicyclic amines) is 1. The van der Waals surface area contributed by atoms with E-state index in [0.717, 1.165) is 31.5 Å². The maximum atomic E-state index is 13.0. The average molecular weight is 419 g/mol. The van der Waals surface area contributed by atoms with Crippen LogP contribution in [0.1, 0.15) is 66.4 Å². The van der Waals surface area contributed by atoms with E-state index in [4.69, 9.17) is 0 Å². The molecule has 5 rings (SSSR count). The van der Waals surface area contributed by atoms with Crippen molar-refractivity contribution in [2.75, 3.05) is 19.6 Å². The first kappa shape index (κ1) is 20.7. The minimum Gasteiger partial charge on any atom is -0.386 e. The van der Waals surface area contributed by atoms with E-state index >= 15 is 0 Å². The Morgan fingerprint density at radius 2 is 1.65 bits per heavy atom. The minimum atomic E-state index is -0.682. The van der Waals surface area contributed by atoms with Gasteiger partial charge in [-0.05, 0) is 85.7 Å². The smallest absolute Gasteiger partial charge is 0.220 e. The fourth-order valence-corrected chi connectivity index (χ4v) is 5.40. The molecule has 31 heavy (non-hydrogen) atoms. The Kier molecular flexibility index (Phi) is 6.10. The number of rotatable bonds is 8. The molecule has 1 saturated carbocycles. The number of benzene rings is 2. The number of hydrogen-bond donors (Lipinski definition) is 2. The van der Waals surface area contributed by atoms with Crippen molar-refractivity contribution in [2.24, 2.45) is 5.92 Å². The van der Waals surface area contributed by atoms with Crippen molar-refractivity contribution in [1.29, 1.82) is 0 Å². The van der Waals surface area contributed by atoms with Crippen LogP contribution in [0.5, 0.6) is 0 Å². The molecule has 0 unspecified atom stereocenters. The van der Waals surface area contributed by atoms with Crippen LogP contribution in [0.25, 0.3) is 0 Å². The predicted molar refractivity (Wildman–Crippen MR) is 123 cm³/mol. The van der Waals surface area contributed by atoms with Crippen LogP contribution >= 0.6 is 0 Å². The van der Waals surface area contributed by atoms with Crippen LogP contribution in [-0.2, 0) is 17.6 Å². The summed E-state index contributed by atoms with van der Waals surface area (Å²) in [5, 5.41) is 14.4. The van der Waals surface area contributed by atoms with Crippen LogP contribution in [-0.4, -0.2) is 41.6 Å². The second-order valence-corrected chi connectivity index (χ2v) is 9.81. The molecule has 2 aromatic carbocycles. The second-order valence-electron chi connectivity index (χ2n) is 9.81. The highest BCUT2D eigenvalue weighted by Gasteiger charge is 2.29. The van der Waals surface area contributed by atoms with Gasteiger partial charge in [0.05, 0.1) is 6.04 Å². The van der Waals surface area contributed by atoms with E-state index < -0.39 is 6.10 Å². The van der Waals surface area contributed by atoms with Crippen LogP contribution in [0.2, 0.25) is 0 Å². The Labute approximate surface area is 185 Å². The van der Waals surface area contributed by atoms with Crippen molar-refractivity contribution in [3.8, 4) is 0 Å². The van der Waals surface area contributed by atoms with Crippen LogP contribution < -0.4 is 5.32 Å². The average Bonchev–Trinajstić information content (AvgIpc) is 3.35. The zero-order valence-corrected chi connectivity index (χ0v) is 18.3. The molecule has 0 radical (unpaired) electrons. The molecule has 0 spiro atoms. The molecule has 4 heteroatoms. The van der Waals surface area contributed by atoms with Crippen molar-refractivity contribution in [3.63, 3.8) is 0 Å². The van der Waals surface area contributed by atoms with Crippen LogP contribution in [0.3, 0.4) is 0 Å². The van der Waals surface area contributed by atoms with E-state index in [0.29, 0.717) is 24.8 Å². The quantitative estimate of drug-likeness (QED) is 0.682. The lowest BCUT2D eigenvalue weighted by atomic mass is 9.98. The second kappa shape index (κ2) is 9.13. The van der Waals surface area contributed by atoms with Gasteiger partial charge in [-0.25, -0.2) is 0 Å². The highest BCUT2D eigenvalue weighted by atomic mass is 16.3. The van der Waals surface area contributed by atoms with Gasteiger partial charge in [-0.3, -0.25) is 4.79 Å². The van der Waals surface area contributed by atoms with Gasteiger partial charge in [0.25, 0.3) is 0 Å². The van der Waals surface area contributed by atoms with E-state index in [-0.39, 0.29) is 11.9 Å². The van der Waals surface area contributed by atoms with Crippen molar-refractivity contribution < 1.29 is 9.90 Å². The molecule has 2 aromatic rings. The maximum Gasteiger partial charge on any atom is 0.220 e. The van der Waals surface area contributed by atoms with Gasteiger partial charge in [-0.2, -0.15) is 0 Å². The summed E-state index contributed by atoms with van der Waals surface area (Å²) in [6, 6.07) is 16.7. The zero-order chi connectivity index (χ0) is 21.2. The number of amides is 1. The standard InChI is InChI=1S/C27H34N2O2/c30-26(17-19-15-23-5-1-2-6-24(23)16-19)28-25(18-29-13-3-4-14-29)27(31)22-11-9-21(10-12-22)20-7-8-20/h1-2,5-6,9-12,19-20,25,27,31H,3-4,7-8,13-18H2,(H,28,30)/t25-,27-/m1/s1. The SMILES string of the molecule is O=C(CC1Cc2ccccc2C1)N[C@H](CN1CCCC1)[C@H](O)c1ccc(C2CC2)cc1. The molecular weight excluding hydrogens is 384 g/mol. The van der Waals surface area contributed by atoms with Gasteiger partial charge in [0.1, 0.15) is 6.10 Å². The highest BCUT2D eigenvalue weighted by molar-refractivity contribution is 5.77. The number of carbonyl (C=O) groups is 1. The molecule has 1 saturated heterocycles. The molecule has 2 N–H and O–H groups in total. The van der Waals surface area contributed by atoms with Crippen LogP contribution in [0.15, 0.2) is 48.5 Å². The summed E-state index contributed by atoms with van der Waals surface area (Å²) < 4.78 is 0. The van der Waals surface area contributed by atoms with E-state index in [9.17, 15) is 9.90 Å². The Morgan fingerprint density at radius 1 is 1.00 bits per heavy atom. The minimum absolute atomic E-state index is 0.0654. The van der Waals surface area contributed by atoms with Crippen LogP contribution in [0, 0.1) is 5.92 Å². The molecule has 2 fully saturated rings. The fourth-order valence-electron chi connectivity index (χ4n) is 5.40. The van der Waals surface area contributed by atoms with Crippen molar-refractivity contribution >= 4 is 5.91 Å². The summed E-state index contributed by atoms with van der Waals surface area (Å²) >= 11 is 0. The largest absolute Gasteiger partial charge is 0.386 e. The Hall–Kier alpha value is -2.17. The summed E-state index contributed by atoms with van der Waals surface area (Å²) in [4.78, 5) is 15.4. The molecule has 4 nitrogen and oxygen atoms in total. The summed E-state index contributed by atoms with van der Waals surface area (Å²) in [7, 11) is 0. The van der Waals surface area contributed by atoms with E-state index in [2.05, 4.69) is 58.7 Å². The Morgan fingerprint density at radius 3 is 2.26 bits per heavy atom. The van der Waals surface area contributed by atoms with Gasteiger partial charge in [-0.15, -0.1) is 0 Å². The molecule has 2 atom stereocenters. The molecule has 164 valence electrons. The topological polar surface area (TPSA) is 52.6 Å². The molecule has 0 bridgehead atoms. The lowest BCUT2D eigenvalue weighted by Gasteiger charge is -2.29. The third-order valence-corrected chi connectivity index (χ3v) is 7.32. The monoisotopic (exact) mass is 418 g/mol. The first-order chi connectivity index (χ1) is 15.2. The molecular formula is C27H34N2O2. The predicted octanol–water partition coefficient (Wildman–Crippen LogP) is 3.98. The number of nitrogens with zero attached hydrogens (tertiary/aromatic N) is 1. The number of nitrogens with one attached hydrogen (secondary N) is 1. The molecule has 1 amide bonds. The summed E-state index contributed by atoms with van der Waals surface area (Å²) in [5.74, 6) is 1.14. The summed E-state index contributed by atoms with van der Waals surface area (Å²) in [6.45, 7) is 2.82. The van der Waals surface area contributed by atoms with Crippen molar-refractivity contribution in [2.45, 2.75) is 63.0 Å². The maximum absolute atomic E-state index is 13.0. The Balaban J connectivity index is 1.23. The number of fused-ring (bicyclic) bond motifs is 1. The normalized spacial score (nSPS) is 21.1. The molecule has 1 aliphatic heterocycles. The van der Waals surface area contributed by atoms with Gasteiger partial charge in [0.2, 0.25) is 5.91 Å². The van der Waals surface area contributed by atoms with Gasteiger partial charge in [-0.1, -0.05) is 48.5 Å². The van der Waals surface area contributed by atoms with Gasteiger partial charge in [0.15, 0.2) is 0 Å². The van der Waals surface area contributed by atoms with Crippen molar-refractivity contribution in [3.05, 3.63) is 70.8 Å². The third-order valence-electron chi connectivity index (χ3n) is 7.32. The third kappa shape index (κ3) is 5.02. The number of hydrogen-bond acceptors (Lipinski definition) is 3. The zero-order valence-electron chi connectivity index (χ0n) is 18.3. The van der Waals surface area contributed by atoms with E-state index in [1.165, 1.54) is 42.4 Å². The van der Waals surface area contributed by atoms with Gasteiger partial charge >= 0.3 is 0 Å². The Bertz CT molecular complexity index is 875. The number of aliphatic hydroxyl groups excluding tert-OH is 1. The number of carbonyl (C=O) groups excluding carboxylic acids is 1. The van der Waals surface area contributed by atoms with Gasteiger partial charge < -0.3 is 15.3 Å². The fraction of sp³-hybridized carbons (Fsp3) is 0.519. The number of aliphatic hydroxyl groups is 1. The lowest BCUT2D eigenvalue weighted by molar-refractivity contribution is -0.123. The molecule has 3 aliphatic rings. The first-order valence-electron chi connectivity index (χ1n) is 12.0. The molecule has 0 aromatic heterocycles. The highest BCUT2D eigenvalue weighted by Crippen LogP contribution is 2.40. The van der Waals surface area contributed by atoms with Crippen LogP contribution in [0.4, 0.5) is 0 Å². The van der Waals surface area contributed by atoms with Crippen molar-refractivity contribution in [1.82, 2.24) is 10.2 Å². The summed E-state index contributed by atoms with van der Waals surface area (Å²) in [6.07, 6.45) is 6.76. The summed E-state index contributed by atoms with van der Waals surface area (Å²) in [5.41, 5.74) is 5.04. The van der Waals surface area contributed by atoms with Gasteiger partial charge in [0, 0.05) is 13.0 Å². The van der Waals surface area contributed by atoms with E-state index in [1.807, 2.05) is 0 Å². The first-order valence-corrected chi connectivity index (χ1v) is 12.0.